The largest absolute Gasteiger partial charge is 0.303 e. The molecule has 1 atom stereocenters. The molecule has 0 bridgehead atoms. The Balaban J connectivity index is 2.17. The van der Waals surface area contributed by atoms with Crippen LogP contribution in [0.3, 0.4) is 0 Å². The Bertz CT molecular complexity index is 101. The first-order chi connectivity index (χ1) is 4.75. The summed E-state index contributed by atoms with van der Waals surface area (Å²) < 4.78 is 0. The van der Waals surface area contributed by atoms with Crippen molar-refractivity contribution in [3.8, 4) is 0 Å². The van der Waals surface area contributed by atoms with Crippen molar-refractivity contribution in [2.24, 2.45) is 5.92 Å². The maximum Gasteiger partial charge on any atom is 0.00924 e. The number of rotatable bonds is 4. The molecule has 1 aliphatic carbocycles. The molecule has 1 nitrogen and oxygen atoms in total. The van der Waals surface area contributed by atoms with Gasteiger partial charge in [0, 0.05) is 18.3 Å². The summed E-state index contributed by atoms with van der Waals surface area (Å²) in [5.41, 5.74) is 0. The molecule has 2 heteroatoms. The zero-order valence-electron chi connectivity index (χ0n) is 6.88. The van der Waals surface area contributed by atoms with Gasteiger partial charge in [-0.1, -0.05) is 0 Å². The molecule has 1 rings (SSSR count). The minimum Gasteiger partial charge on any atom is -0.303 e. The molecule has 0 spiro atoms. The van der Waals surface area contributed by atoms with E-state index >= 15 is 0 Å². The van der Waals surface area contributed by atoms with Crippen molar-refractivity contribution in [2.75, 3.05) is 19.3 Å². The summed E-state index contributed by atoms with van der Waals surface area (Å²) in [5, 5.41) is 0. The van der Waals surface area contributed by atoms with E-state index in [0.29, 0.717) is 0 Å². The fourth-order valence-corrected chi connectivity index (χ4v) is 1.62. The van der Waals surface area contributed by atoms with Gasteiger partial charge >= 0.3 is 0 Å². The van der Waals surface area contributed by atoms with Crippen LogP contribution in [0.25, 0.3) is 0 Å². The molecule has 0 amide bonds. The lowest BCUT2D eigenvalue weighted by Crippen LogP contribution is -2.32. The fraction of sp³-hybridized carbons (Fsp3) is 1.00. The Morgan fingerprint density at radius 3 is 2.60 bits per heavy atom. The molecule has 0 radical (unpaired) electrons. The Hall–Kier alpha value is 0.310. The second-order valence-corrected chi connectivity index (χ2v) is 3.73. The van der Waals surface area contributed by atoms with Gasteiger partial charge in [0.1, 0.15) is 0 Å². The molecule has 60 valence electrons. The molecule has 0 aromatic carbocycles. The maximum absolute atomic E-state index is 4.20. The zero-order chi connectivity index (χ0) is 7.56. The van der Waals surface area contributed by atoms with Crippen molar-refractivity contribution in [1.29, 1.82) is 0 Å². The average Bonchev–Trinajstić information content (AvgIpc) is 2.68. The summed E-state index contributed by atoms with van der Waals surface area (Å²) in [6.45, 7) is 3.45. The molecular formula is C8H17NS. The average molecular weight is 159 g/mol. The van der Waals surface area contributed by atoms with Gasteiger partial charge in [0.15, 0.2) is 0 Å². The molecule has 10 heavy (non-hydrogen) atoms. The van der Waals surface area contributed by atoms with Crippen LogP contribution in [0.2, 0.25) is 0 Å². The molecule has 0 heterocycles. The van der Waals surface area contributed by atoms with Gasteiger partial charge in [0.2, 0.25) is 0 Å². The van der Waals surface area contributed by atoms with E-state index in [1.807, 2.05) is 0 Å². The van der Waals surface area contributed by atoms with Gasteiger partial charge in [-0.15, -0.1) is 0 Å². The van der Waals surface area contributed by atoms with Gasteiger partial charge in [0.25, 0.3) is 0 Å². The molecular weight excluding hydrogens is 142 g/mol. The molecule has 0 saturated heterocycles. The Kier molecular flexibility index (Phi) is 3.05. The van der Waals surface area contributed by atoms with Crippen molar-refractivity contribution >= 4 is 12.6 Å². The summed E-state index contributed by atoms with van der Waals surface area (Å²) in [4.78, 5) is 2.41. The van der Waals surface area contributed by atoms with Crippen LogP contribution in [0.4, 0.5) is 0 Å². The van der Waals surface area contributed by atoms with Crippen LogP contribution in [-0.2, 0) is 0 Å². The quantitative estimate of drug-likeness (QED) is 0.610. The molecule has 0 N–H and O–H groups in total. The highest BCUT2D eigenvalue weighted by Gasteiger charge is 2.29. The minimum absolute atomic E-state index is 0.784. The molecule has 1 unspecified atom stereocenters. The lowest BCUT2D eigenvalue weighted by Gasteiger charge is -2.23. The second kappa shape index (κ2) is 3.63. The van der Waals surface area contributed by atoms with Gasteiger partial charge in [-0.05, 0) is 32.7 Å². The van der Waals surface area contributed by atoms with Crippen molar-refractivity contribution in [3.05, 3.63) is 0 Å². The van der Waals surface area contributed by atoms with Gasteiger partial charge < -0.3 is 4.90 Å². The van der Waals surface area contributed by atoms with Crippen molar-refractivity contribution in [2.45, 2.75) is 25.8 Å². The summed E-state index contributed by atoms with van der Waals surface area (Å²) in [6, 6.07) is 0.784. The van der Waals surface area contributed by atoms with Crippen molar-refractivity contribution in [1.82, 2.24) is 4.90 Å². The van der Waals surface area contributed by atoms with Crippen molar-refractivity contribution in [3.63, 3.8) is 0 Å². The normalized spacial score (nSPS) is 21.6. The van der Waals surface area contributed by atoms with Crippen LogP contribution >= 0.6 is 12.6 Å². The summed E-state index contributed by atoms with van der Waals surface area (Å²) in [6.07, 6.45) is 2.89. The monoisotopic (exact) mass is 159 g/mol. The first kappa shape index (κ1) is 8.41. The van der Waals surface area contributed by atoms with E-state index in [9.17, 15) is 0 Å². The van der Waals surface area contributed by atoms with Gasteiger partial charge in [-0.2, -0.15) is 12.6 Å². The predicted molar refractivity (Wildman–Crippen MR) is 48.7 cm³/mol. The Labute approximate surface area is 69.2 Å². The third-order valence-electron chi connectivity index (χ3n) is 2.45. The molecule has 0 aromatic rings. The highest BCUT2D eigenvalue weighted by Crippen LogP contribution is 2.34. The zero-order valence-corrected chi connectivity index (χ0v) is 7.77. The highest BCUT2D eigenvalue weighted by molar-refractivity contribution is 7.80. The third kappa shape index (κ3) is 2.17. The molecule has 1 aliphatic rings. The highest BCUT2D eigenvalue weighted by atomic mass is 32.1. The molecule has 0 aromatic heterocycles. The van der Waals surface area contributed by atoms with E-state index in [2.05, 4.69) is 31.5 Å². The summed E-state index contributed by atoms with van der Waals surface area (Å²) >= 11 is 4.20. The topological polar surface area (TPSA) is 3.24 Å². The fourth-order valence-electron chi connectivity index (χ4n) is 1.30. The van der Waals surface area contributed by atoms with E-state index in [1.165, 1.54) is 12.8 Å². The van der Waals surface area contributed by atoms with Crippen LogP contribution in [0.1, 0.15) is 19.8 Å². The maximum atomic E-state index is 4.20. The number of nitrogens with zero attached hydrogens (tertiary/aromatic N) is 1. The van der Waals surface area contributed by atoms with Gasteiger partial charge in [-0.25, -0.2) is 0 Å². The standard InChI is InChI=1S/C8H17NS/c1-7(8-3-4-8)9(2)5-6-10/h7-8,10H,3-6H2,1-2H3. The van der Waals surface area contributed by atoms with Crippen LogP contribution in [0.15, 0.2) is 0 Å². The van der Waals surface area contributed by atoms with E-state index < -0.39 is 0 Å². The van der Waals surface area contributed by atoms with Crippen LogP contribution in [0.5, 0.6) is 0 Å². The van der Waals surface area contributed by atoms with Crippen LogP contribution < -0.4 is 0 Å². The first-order valence-electron chi connectivity index (χ1n) is 4.07. The Morgan fingerprint density at radius 2 is 2.20 bits per heavy atom. The smallest absolute Gasteiger partial charge is 0.00924 e. The van der Waals surface area contributed by atoms with Crippen LogP contribution in [-0.4, -0.2) is 30.3 Å². The van der Waals surface area contributed by atoms with Gasteiger partial charge in [-0.3, -0.25) is 0 Å². The molecule has 0 aliphatic heterocycles. The minimum atomic E-state index is 0.784. The summed E-state index contributed by atoms with van der Waals surface area (Å²) in [7, 11) is 2.19. The van der Waals surface area contributed by atoms with Crippen molar-refractivity contribution < 1.29 is 0 Å². The third-order valence-corrected chi connectivity index (χ3v) is 2.65. The van der Waals surface area contributed by atoms with E-state index in [4.69, 9.17) is 0 Å². The predicted octanol–water partition coefficient (Wildman–Crippen LogP) is 1.65. The Morgan fingerprint density at radius 1 is 1.60 bits per heavy atom. The SMILES string of the molecule is CC(C1CC1)N(C)CCS. The second-order valence-electron chi connectivity index (χ2n) is 3.28. The first-order valence-corrected chi connectivity index (χ1v) is 4.70. The number of hydrogen-bond acceptors (Lipinski definition) is 2. The molecule has 1 fully saturated rings. The lowest BCUT2D eigenvalue weighted by molar-refractivity contribution is 0.249. The van der Waals surface area contributed by atoms with Crippen LogP contribution in [0, 0.1) is 5.92 Å². The van der Waals surface area contributed by atoms with Gasteiger partial charge in [0.05, 0.1) is 0 Å². The molecule has 1 saturated carbocycles. The number of thiol groups is 1. The summed E-state index contributed by atoms with van der Waals surface area (Å²) in [5.74, 6) is 1.97. The van der Waals surface area contributed by atoms with E-state index in [1.54, 1.807) is 0 Å². The lowest BCUT2D eigenvalue weighted by atomic mass is 10.2. The van der Waals surface area contributed by atoms with E-state index in [-0.39, 0.29) is 0 Å². The van der Waals surface area contributed by atoms with E-state index in [0.717, 1.165) is 24.3 Å². The number of hydrogen-bond donors (Lipinski definition) is 1.